The van der Waals surface area contributed by atoms with Crippen molar-refractivity contribution in [1.82, 2.24) is 0 Å². The summed E-state index contributed by atoms with van der Waals surface area (Å²) in [7, 11) is 1.24. The standard InChI is InChI=1S/C8H14Si/c1-5-4-6(2)8(9)7(5)3/h4,6H,1-3,9H3. The maximum atomic E-state index is 2.36. The van der Waals surface area contributed by atoms with Gasteiger partial charge in [-0.1, -0.05) is 29.3 Å². The molecule has 1 rings (SSSR count). The van der Waals surface area contributed by atoms with Gasteiger partial charge in [0.2, 0.25) is 0 Å². The summed E-state index contributed by atoms with van der Waals surface area (Å²) in [6, 6.07) is 0. The van der Waals surface area contributed by atoms with Gasteiger partial charge in [0, 0.05) is 10.2 Å². The van der Waals surface area contributed by atoms with Crippen LogP contribution in [0.3, 0.4) is 0 Å². The smallest absolute Gasteiger partial charge is 0.0344 e. The molecular weight excluding hydrogens is 124 g/mol. The molecule has 1 aliphatic carbocycles. The highest BCUT2D eigenvalue weighted by molar-refractivity contribution is 6.23. The van der Waals surface area contributed by atoms with E-state index in [0.29, 0.717) is 0 Å². The van der Waals surface area contributed by atoms with E-state index in [-0.39, 0.29) is 0 Å². The van der Waals surface area contributed by atoms with Gasteiger partial charge in [-0.3, -0.25) is 0 Å². The van der Waals surface area contributed by atoms with E-state index in [0.717, 1.165) is 5.92 Å². The monoisotopic (exact) mass is 138 g/mol. The van der Waals surface area contributed by atoms with Gasteiger partial charge in [-0.05, 0) is 19.8 Å². The van der Waals surface area contributed by atoms with E-state index in [1.54, 1.807) is 10.8 Å². The van der Waals surface area contributed by atoms with Gasteiger partial charge in [-0.25, -0.2) is 0 Å². The van der Waals surface area contributed by atoms with Crippen LogP contribution in [0.1, 0.15) is 20.8 Å². The second kappa shape index (κ2) is 2.14. The number of rotatable bonds is 0. The molecule has 0 nitrogen and oxygen atoms in total. The zero-order chi connectivity index (χ0) is 7.02. The SMILES string of the molecule is CC1=CC(C)C([SiH3])=C1C. The topological polar surface area (TPSA) is 0 Å². The molecule has 0 saturated carbocycles. The van der Waals surface area contributed by atoms with Crippen molar-refractivity contribution in [2.24, 2.45) is 5.92 Å². The van der Waals surface area contributed by atoms with Crippen LogP contribution in [0, 0.1) is 5.92 Å². The summed E-state index contributed by atoms with van der Waals surface area (Å²) >= 11 is 0. The van der Waals surface area contributed by atoms with Gasteiger partial charge in [0.1, 0.15) is 0 Å². The number of allylic oxidation sites excluding steroid dienone is 4. The van der Waals surface area contributed by atoms with Crippen molar-refractivity contribution in [2.75, 3.05) is 0 Å². The quantitative estimate of drug-likeness (QED) is 0.442. The fourth-order valence-corrected chi connectivity index (χ4v) is 1.84. The summed E-state index contributed by atoms with van der Waals surface area (Å²) in [6.45, 7) is 6.72. The average Bonchev–Trinajstić information content (AvgIpc) is 1.98. The summed E-state index contributed by atoms with van der Waals surface area (Å²) in [4.78, 5) is 0. The van der Waals surface area contributed by atoms with E-state index < -0.39 is 0 Å². The average molecular weight is 138 g/mol. The van der Waals surface area contributed by atoms with Crippen molar-refractivity contribution < 1.29 is 0 Å². The Morgan fingerprint density at radius 3 is 2.11 bits per heavy atom. The normalized spacial score (nSPS) is 27.4. The van der Waals surface area contributed by atoms with E-state index in [1.807, 2.05) is 0 Å². The molecule has 0 heterocycles. The lowest BCUT2D eigenvalue weighted by molar-refractivity contribution is 0.930. The van der Waals surface area contributed by atoms with Crippen LogP contribution < -0.4 is 0 Å². The molecule has 1 heteroatoms. The minimum Gasteiger partial charge on any atom is -0.0822 e. The molecule has 1 unspecified atom stereocenters. The lowest BCUT2D eigenvalue weighted by atomic mass is 10.2. The third-order valence-corrected chi connectivity index (χ3v) is 4.03. The summed E-state index contributed by atoms with van der Waals surface area (Å²) < 4.78 is 0. The Labute approximate surface area is 60.1 Å². The maximum Gasteiger partial charge on any atom is 0.0344 e. The molecule has 0 aromatic carbocycles. The molecule has 9 heavy (non-hydrogen) atoms. The van der Waals surface area contributed by atoms with Crippen LogP contribution >= 0.6 is 0 Å². The van der Waals surface area contributed by atoms with E-state index in [1.165, 1.54) is 15.8 Å². The van der Waals surface area contributed by atoms with Crippen molar-refractivity contribution in [3.8, 4) is 0 Å². The minimum atomic E-state index is 0.747. The summed E-state index contributed by atoms with van der Waals surface area (Å²) in [5, 5.41) is 1.67. The highest BCUT2D eigenvalue weighted by Crippen LogP contribution is 2.27. The molecule has 50 valence electrons. The molecule has 0 aromatic rings. The first kappa shape index (κ1) is 6.81. The molecule has 0 saturated heterocycles. The second-order valence-corrected chi connectivity index (χ2v) is 4.02. The first-order chi connectivity index (χ1) is 4.13. The highest BCUT2D eigenvalue weighted by atomic mass is 28.1. The van der Waals surface area contributed by atoms with Crippen molar-refractivity contribution >= 4 is 10.2 Å². The molecule has 0 bridgehead atoms. The predicted octanol–water partition coefficient (Wildman–Crippen LogP) is 1.22. The van der Waals surface area contributed by atoms with Crippen LogP contribution in [-0.4, -0.2) is 10.2 Å². The molecule has 0 amide bonds. The Balaban J connectivity index is 2.97. The first-order valence-electron chi connectivity index (χ1n) is 3.49. The Kier molecular flexibility index (Phi) is 1.62. The van der Waals surface area contributed by atoms with E-state index >= 15 is 0 Å². The molecule has 0 spiro atoms. The van der Waals surface area contributed by atoms with Crippen LogP contribution in [0.25, 0.3) is 0 Å². The number of hydrogen-bond donors (Lipinski definition) is 0. The van der Waals surface area contributed by atoms with Crippen molar-refractivity contribution in [2.45, 2.75) is 20.8 Å². The van der Waals surface area contributed by atoms with E-state index in [9.17, 15) is 0 Å². The molecular formula is C8H14Si. The minimum absolute atomic E-state index is 0.747. The third kappa shape index (κ3) is 1.01. The molecule has 0 fully saturated rings. The zero-order valence-corrected chi connectivity index (χ0v) is 8.65. The number of hydrogen-bond acceptors (Lipinski definition) is 0. The van der Waals surface area contributed by atoms with Gasteiger partial charge in [0.05, 0.1) is 0 Å². The fourth-order valence-electron chi connectivity index (χ4n) is 1.28. The van der Waals surface area contributed by atoms with Crippen molar-refractivity contribution in [1.29, 1.82) is 0 Å². The van der Waals surface area contributed by atoms with Crippen molar-refractivity contribution in [3.05, 3.63) is 22.4 Å². The van der Waals surface area contributed by atoms with E-state index in [2.05, 4.69) is 26.8 Å². The van der Waals surface area contributed by atoms with Gasteiger partial charge >= 0.3 is 0 Å². The van der Waals surface area contributed by atoms with Gasteiger partial charge < -0.3 is 0 Å². The first-order valence-corrected chi connectivity index (χ1v) is 4.49. The van der Waals surface area contributed by atoms with Crippen LogP contribution in [0.15, 0.2) is 22.4 Å². The lowest BCUT2D eigenvalue weighted by Crippen LogP contribution is -1.90. The Bertz CT molecular complexity index is 187. The molecule has 0 aliphatic heterocycles. The van der Waals surface area contributed by atoms with Gasteiger partial charge in [0.15, 0.2) is 0 Å². The third-order valence-electron chi connectivity index (χ3n) is 2.37. The summed E-state index contributed by atoms with van der Waals surface area (Å²) in [5.74, 6) is 0.747. The van der Waals surface area contributed by atoms with Gasteiger partial charge in [-0.15, -0.1) is 0 Å². The molecule has 0 radical (unpaired) electrons. The van der Waals surface area contributed by atoms with Gasteiger partial charge in [0.25, 0.3) is 0 Å². The van der Waals surface area contributed by atoms with Crippen LogP contribution in [-0.2, 0) is 0 Å². The van der Waals surface area contributed by atoms with E-state index in [4.69, 9.17) is 0 Å². The molecule has 0 aromatic heterocycles. The summed E-state index contributed by atoms with van der Waals surface area (Å²) in [5.41, 5.74) is 3.04. The van der Waals surface area contributed by atoms with Crippen LogP contribution in [0.4, 0.5) is 0 Å². The van der Waals surface area contributed by atoms with Gasteiger partial charge in [-0.2, -0.15) is 0 Å². The fraction of sp³-hybridized carbons (Fsp3) is 0.500. The predicted molar refractivity (Wildman–Crippen MR) is 45.6 cm³/mol. The van der Waals surface area contributed by atoms with Crippen LogP contribution in [0.5, 0.6) is 0 Å². The zero-order valence-electron chi connectivity index (χ0n) is 6.65. The molecule has 0 N–H and O–H groups in total. The highest BCUT2D eigenvalue weighted by Gasteiger charge is 2.12. The Morgan fingerprint density at radius 2 is 2.00 bits per heavy atom. The second-order valence-electron chi connectivity index (χ2n) is 2.95. The van der Waals surface area contributed by atoms with Crippen molar-refractivity contribution in [3.63, 3.8) is 0 Å². The molecule has 1 aliphatic rings. The summed E-state index contributed by atoms with van der Waals surface area (Å²) in [6.07, 6.45) is 2.36. The largest absolute Gasteiger partial charge is 0.0822 e. The van der Waals surface area contributed by atoms with Crippen LogP contribution in [0.2, 0.25) is 0 Å². The molecule has 1 atom stereocenters. The maximum absolute atomic E-state index is 2.36. The Hall–Kier alpha value is -0.303. The lowest BCUT2D eigenvalue weighted by Gasteiger charge is -2.00. The Morgan fingerprint density at radius 1 is 1.44 bits per heavy atom.